The number of esters is 1. The minimum absolute atomic E-state index is 0.337. The van der Waals surface area contributed by atoms with E-state index in [1.54, 1.807) is 33.8 Å². The van der Waals surface area contributed by atoms with E-state index in [0.29, 0.717) is 24.5 Å². The highest BCUT2D eigenvalue weighted by atomic mass is 16.5. The summed E-state index contributed by atoms with van der Waals surface area (Å²) in [4.78, 5) is 11.3. The van der Waals surface area contributed by atoms with Crippen molar-refractivity contribution in [2.75, 3.05) is 6.61 Å². The minimum Gasteiger partial charge on any atom is -0.463 e. The van der Waals surface area contributed by atoms with E-state index in [9.17, 15) is 9.90 Å². The second-order valence-electron chi connectivity index (χ2n) is 5.25. The summed E-state index contributed by atoms with van der Waals surface area (Å²) in [6, 6.07) is 7.43. The molecule has 0 saturated heterocycles. The van der Waals surface area contributed by atoms with Crippen molar-refractivity contribution in [3.8, 4) is 5.75 Å². The molecule has 0 aliphatic rings. The third-order valence-corrected chi connectivity index (χ3v) is 2.42. The van der Waals surface area contributed by atoms with E-state index in [1.807, 2.05) is 18.2 Å². The predicted octanol–water partition coefficient (Wildman–Crippen LogP) is 2.85. The first kappa shape index (κ1) is 16.2. The number of hydrogen-bond acceptors (Lipinski definition) is 4. The Kier molecular flexibility index (Phi) is 5.77. The zero-order chi connectivity index (χ0) is 15.2. The normalized spacial score (nSPS) is 12.2. The van der Waals surface area contributed by atoms with E-state index in [1.165, 1.54) is 6.08 Å². The molecule has 1 rings (SSSR count). The molecule has 4 nitrogen and oxygen atoms in total. The largest absolute Gasteiger partial charge is 0.463 e. The molecule has 0 aliphatic heterocycles. The lowest BCUT2D eigenvalue weighted by atomic mass is 9.99. The van der Waals surface area contributed by atoms with Crippen molar-refractivity contribution in [2.45, 2.75) is 39.7 Å². The van der Waals surface area contributed by atoms with Crippen LogP contribution in [0.3, 0.4) is 0 Å². The average molecular weight is 278 g/mol. The molecule has 0 atom stereocenters. The Morgan fingerprint density at radius 2 is 2.10 bits per heavy atom. The Balaban J connectivity index is 2.73. The molecule has 0 spiro atoms. The van der Waals surface area contributed by atoms with Gasteiger partial charge in [0.25, 0.3) is 0 Å². The summed E-state index contributed by atoms with van der Waals surface area (Å²) in [5, 5.41) is 9.81. The van der Waals surface area contributed by atoms with Crippen molar-refractivity contribution in [3.05, 3.63) is 41.7 Å². The molecule has 0 fully saturated rings. The predicted molar refractivity (Wildman–Crippen MR) is 77.5 cm³/mol. The molecule has 20 heavy (non-hydrogen) atoms. The number of rotatable bonds is 6. The third kappa shape index (κ3) is 6.38. The van der Waals surface area contributed by atoms with Crippen molar-refractivity contribution in [3.63, 3.8) is 0 Å². The highest BCUT2D eigenvalue weighted by Crippen LogP contribution is 2.19. The quantitative estimate of drug-likeness (QED) is 0.494. The fraction of sp³-hybridized carbons (Fsp3) is 0.438. The van der Waals surface area contributed by atoms with Gasteiger partial charge < -0.3 is 14.6 Å². The molecule has 0 heterocycles. The number of benzene rings is 1. The van der Waals surface area contributed by atoms with Crippen LogP contribution in [0.4, 0.5) is 0 Å². The molecule has 0 unspecified atom stereocenters. The molecule has 0 saturated carbocycles. The standard InChI is InChI=1S/C16H22O4/c1-5-19-15(17)9-12(2)20-14-8-6-7-13(10-14)11-16(3,4)18/h6-10,18H,5,11H2,1-4H3. The second-order valence-corrected chi connectivity index (χ2v) is 5.25. The molecule has 110 valence electrons. The van der Waals surface area contributed by atoms with Gasteiger partial charge in [0.15, 0.2) is 0 Å². The lowest BCUT2D eigenvalue weighted by molar-refractivity contribution is -0.137. The fourth-order valence-electron chi connectivity index (χ4n) is 1.78. The first-order chi connectivity index (χ1) is 9.30. The molecular weight excluding hydrogens is 256 g/mol. The number of hydrogen-bond donors (Lipinski definition) is 1. The molecule has 0 aromatic heterocycles. The summed E-state index contributed by atoms with van der Waals surface area (Å²) in [7, 11) is 0. The maximum atomic E-state index is 11.3. The van der Waals surface area contributed by atoms with Gasteiger partial charge in [-0.1, -0.05) is 12.1 Å². The number of carbonyl (C=O) groups is 1. The van der Waals surface area contributed by atoms with Crippen LogP contribution in [0, 0.1) is 0 Å². The number of carbonyl (C=O) groups excluding carboxylic acids is 1. The summed E-state index contributed by atoms with van der Waals surface area (Å²) in [6.45, 7) is 7.30. The van der Waals surface area contributed by atoms with Crippen LogP contribution >= 0.6 is 0 Å². The van der Waals surface area contributed by atoms with E-state index in [0.717, 1.165) is 5.56 Å². The molecule has 1 aromatic rings. The Morgan fingerprint density at radius 3 is 2.70 bits per heavy atom. The van der Waals surface area contributed by atoms with Crippen LogP contribution in [-0.2, 0) is 16.0 Å². The lowest BCUT2D eigenvalue weighted by Gasteiger charge is -2.17. The monoisotopic (exact) mass is 278 g/mol. The van der Waals surface area contributed by atoms with Gasteiger partial charge in [0, 0.05) is 6.42 Å². The van der Waals surface area contributed by atoms with Crippen LogP contribution in [0.1, 0.15) is 33.3 Å². The van der Waals surface area contributed by atoms with Gasteiger partial charge in [-0.05, 0) is 45.4 Å². The zero-order valence-corrected chi connectivity index (χ0v) is 12.5. The molecular formula is C16H22O4. The van der Waals surface area contributed by atoms with Gasteiger partial charge >= 0.3 is 5.97 Å². The van der Waals surface area contributed by atoms with Crippen LogP contribution in [0.25, 0.3) is 0 Å². The number of aliphatic hydroxyl groups is 1. The van der Waals surface area contributed by atoms with Gasteiger partial charge in [0.2, 0.25) is 0 Å². The molecule has 1 N–H and O–H groups in total. The molecule has 0 amide bonds. The molecule has 4 heteroatoms. The zero-order valence-electron chi connectivity index (χ0n) is 12.5. The molecule has 0 bridgehead atoms. The first-order valence-electron chi connectivity index (χ1n) is 6.64. The minimum atomic E-state index is -0.769. The fourth-order valence-corrected chi connectivity index (χ4v) is 1.78. The van der Waals surface area contributed by atoms with Crippen LogP contribution < -0.4 is 4.74 Å². The summed E-state index contributed by atoms with van der Waals surface area (Å²) < 4.78 is 10.4. The van der Waals surface area contributed by atoms with Crippen LogP contribution in [-0.4, -0.2) is 23.3 Å². The van der Waals surface area contributed by atoms with Crippen molar-refractivity contribution >= 4 is 5.97 Å². The van der Waals surface area contributed by atoms with Gasteiger partial charge in [-0.15, -0.1) is 0 Å². The number of allylic oxidation sites excluding steroid dienone is 1. The van der Waals surface area contributed by atoms with Gasteiger partial charge in [-0.2, -0.15) is 0 Å². The highest BCUT2D eigenvalue weighted by molar-refractivity contribution is 5.82. The van der Waals surface area contributed by atoms with Crippen molar-refractivity contribution in [1.82, 2.24) is 0 Å². The Labute approximate surface area is 120 Å². The average Bonchev–Trinajstić information content (AvgIpc) is 2.26. The summed E-state index contributed by atoms with van der Waals surface area (Å²) in [5.74, 6) is 0.673. The Hall–Kier alpha value is -1.81. The van der Waals surface area contributed by atoms with Gasteiger partial charge in [-0.25, -0.2) is 4.79 Å². The summed E-state index contributed by atoms with van der Waals surface area (Å²) >= 11 is 0. The lowest BCUT2D eigenvalue weighted by Crippen LogP contribution is -2.21. The van der Waals surface area contributed by atoms with E-state index in [2.05, 4.69) is 0 Å². The van der Waals surface area contributed by atoms with Crippen LogP contribution in [0.15, 0.2) is 36.1 Å². The van der Waals surface area contributed by atoms with Crippen LogP contribution in [0.2, 0.25) is 0 Å². The summed E-state index contributed by atoms with van der Waals surface area (Å²) in [6.07, 6.45) is 1.84. The van der Waals surface area contributed by atoms with Gasteiger partial charge in [-0.3, -0.25) is 0 Å². The molecule has 1 aromatic carbocycles. The van der Waals surface area contributed by atoms with E-state index >= 15 is 0 Å². The molecule has 0 radical (unpaired) electrons. The van der Waals surface area contributed by atoms with Gasteiger partial charge in [0.1, 0.15) is 11.5 Å². The Bertz CT molecular complexity index is 483. The van der Waals surface area contributed by atoms with E-state index in [-0.39, 0.29) is 0 Å². The van der Waals surface area contributed by atoms with Crippen LogP contribution in [0.5, 0.6) is 5.75 Å². The smallest absolute Gasteiger partial charge is 0.334 e. The molecule has 0 aliphatic carbocycles. The maximum absolute atomic E-state index is 11.3. The second kappa shape index (κ2) is 7.10. The summed E-state index contributed by atoms with van der Waals surface area (Å²) in [5.41, 5.74) is 0.202. The van der Waals surface area contributed by atoms with E-state index in [4.69, 9.17) is 9.47 Å². The Morgan fingerprint density at radius 1 is 1.40 bits per heavy atom. The third-order valence-electron chi connectivity index (χ3n) is 2.42. The highest BCUT2D eigenvalue weighted by Gasteiger charge is 2.13. The first-order valence-corrected chi connectivity index (χ1v) is 6.64. The van der Waals surface area contributed by atoms with Gasteiger partial charge in [0.05, 0.1) is 18.3 Å². The van der Waals surface area contributed by atoms with Crippen molar-refractivity contribution < 1.29 is 19.4 Å². The maximum Gasteiger partial charge on any atom is 0.334 e. The van der Waals surface area contributed by atoms with Crippen molar-refractivity contribution in [2.24, 2.45) is 0 Å². The van der Waals surface area contributed by atoms with E-state index < -0.39 is 11.6 Å². The topological polar surface area (TPSA) is 55.8 Å². The number of ether oxygens (including phenoxy) is 2. The van der Waals surface area contributed by atoms with Crippen molar-refractivity contribution in [1.29, 1.82) is 0 Å². The SMILES string of the molecule is CCOC(=O)C=C(C)Oc1cccc(CC(C)(C)O)c1.